The number of carbonyl (C=O) groups is 1. The Balaban J connectivity index is 2.08. The van der Waals surface area contributed by atoms with Crippen LogP contribution in [0.3, 0.4) is 0 Å². The molecule has 1 unspecified atom stereocenters. The topological polar surface area (TPSA) is 49.8 Å². The molecule has 1 atom stereocenters. The fourth-order valence-corrected chi connectivity index (χ4v) is 2.26. The van der Waals surface area contributed by atoms with Gasteiger partial charge in [0.1, 0.15) is 6.23 Å². The number of aliphatic hydroxyl groups excluding tert-OH is 1. The van der Waals surface area contributed by atoms with Crippen molar-refractivity contribution in [2.45, 2.75) is 45.8 Å². The fourth-order valence-electron chi connectivity index (χ4n) is 2.26. The van der Waals surface area contributed by atoms with Crippen LogP contribution in [0.5, 0.6) is 0 Å². The molecule has 4 heteroatoms. The number of aliphatic hydroxyl groups is 1. The van der Waals surface area contributed by atoms with Crippen LogP contribution in [0.2, 0.25) is 0 Å². The molecule has 0 radical (unpaired) electrons. The van der Waals surface area contributed by atoms with Gasteiger partial charge in [0.2, 0.25) is 0 Å². The van der Waals surface area contributed by atoms with Crippen molar-refractivity contribution >= 4 is 5.97 Å². The zero-order valence-corrected chi connectivity index (χ0v) is 13.1. The number of carbonyl (C=O) groups excluding carboxylic acids is 1. The maximum absolute atomic E-state index is 11.7. The predicted octanol–water partition coefficient (Wildman–Crippen LogP) is 3.06. The Morgan fingerprint density at radius 2 is 1.81 bits per heavy atom. The van der Waals surface area contributed by atoms with E-state index in [-0.39, 0.29) is 12.2 Å². The summed E-state index contributed by atoms with van der Waals surface area (Å²) in [5.74, 6) is -0.265. The van der Waals surface area contributed by atoms with E-state index in [2.05, 4.69) is 13.8 Å². The molecule has 21 heavy (non-hydrogen) atoms. The average molecular weight is 293 g/mol. The number of nitrogens with zero attached hydrogens (tertiary/aromatic N) is 1. The lowest BCUT2D eigenvalue weighted by Gasteiger charge is -2.24. The zero-order valence-electron chi connectivity index (χ0n) is 13.1. The fraction of sp³-hybridized carbons (Fsp3) is 0.588. The second-order valence-electron chi connectivity index (χ2n) is 5.05. The Kier molecular flexibility index (Phi) is 8.71. The van der Waals surface area contributed by atoms with Crippen LogP contribution in [-0.2, 0) is 4.74 Å². The van der Waals surface area contributed by atoms with E-state index >= 15 is 0 Å². The molecule has 1 aromatic carbocycles. The predicted molar refractivity (Wildman–Crippen MR) is 84.1 cm³/mol. The van der Waals surface area contributed by atoms with Gasteiger partial charge in [-0.1, -0.05) is 32.0 Å². The monoisotopic (exact) mass is 293 g/mol. The van der Waals surface area contributed by atoms with Crippen LogP contribution < -0.4 is 0 Å². The molecule has 1 rings (SSSR count). The smallest absolute Gasteiger partial charge is 0.338 e. The SMILES string of the molecule is CCN(CC)C(O)CCCCCOC(=O)c1ccccc1. The van der Waals surface area contributed by atoms with Crippen LogP contribution in [0, 0.1) is 0 Å². The summed E-state index contributed by atoms with van der Waals surface area (Å²) in [7, 11) is 0. The van der Waals surface area contributed by atoms with E-state index in [1.165, 1.54) is 0 Å². The van der Waals surface area contributed by atoms with Crippen molar-refractivity contribution in [3.05, 3.63) is 35.9 Å². The zero-order chi connectivity index (χ0) is 15.5. The summed E-state index contributed by atoms with van der Waals surface area (Å²) in [6.45, 7) is 6.28. The molecule has 4 nitrogen and oxygen atoms in total. The van der Waals surface area contributed by atoms with E-state index in [1.54, 1.807) is 12.1 Å². The molecule has 118 valence electrons. The number of hydrogen-bond acceptors (Lipinski definition) is 4. The highest BCUT2D eigenvalue weighted by Gasteiger charge is 2.11. The van der Waals surface area contributed by atoms with Gasteiger partial charge in [0.15, 0.2) is 0 Å². The molecule has 0 aliphatic rings. The Labute approximate surface area is 127 Å². The van der Waals surface area contributed by atoms with Crippen molar-refractivity contribution in [1.82, 2.24) is 4.90 Å². The third-order valence-corrected chi connectivity index (χ3v) is 3.58. The summed E-state index contributed by atoms with van der Waals surface area (Å²) in [5.41, 5.74) is 0.592. The molecule has 0 aromatic heterocycles. The van der Waals surface area contributed by atoms with Crippen molar-refractivity contribution in [1.29, 1.82) is 0 Å². The van der Waals surface area contributed by atoms with Crippen molar-refractivity contribution in [2.75, 3.05) is 19.7 Å². The van der Waals surface area contributed by atoms with E-state index in [9.17, 15) is 9.90 Å². The van der Waals surface area contributed by atoms with Crippen LogP contribution in [0.4, 0.5) is 0 Å². The van der Waals surface area contributed by atoms with Crippen molar-refractivity contribution in [2.24, 2.45) is 0 Å². The second kappa shape index (κ2) is 10.4. The molecule has 0 heterocycles. The first kappa shape index (κ1) is 17.7. The normalized spacial score (nSPS) is 12.4. The first-order valence-corrected chi connectivity index (χ1v) is 7.83. The molecule has 0 aliphatic carbocycles. The van der Waals surface area contributed by atoms with Gasteiger partial charge in [-0.25, -0.2) is 4.79 Å². The van der Waals surface area contributed by atoms with E-state index < -0.39 is 0 Å². The number of unbranched alkanes of at least 4 members (excludes halogenated alkanes) is 2. The van der Waals surface area contributed by atoms with Crippen molar-refractivity contribution < 1.29 is 14.6 Å². The van der Waals surface area contributed by atoms with Gasteiger partial charge in [0.05, 0.1) is 12.2 Å². The maximum atomic E-state index is 11.7. The standard InChI is InChI=1S/C17H27NO3/c1-3-18(4-2)16(19)13-9-6-10-14-21-17(20)15-11-7-5-8-12-15/h5,7-8,11-12,16,19H,3-4,6,9-10,13-14H2,1-2H3. The quantitative estimate of drug-likeness (QED) is 0.409. The number of esters is 1. The molecular weight excluding hydrogens is 266 g/mol. The Morgan fingerprint density at radius 3 is 2.43 bits per heavy atom. The lowest BCUT2D eigenvalue weighted by molar-refractivity contribution is 0.00236. The van der Waals surface area contributed by atoms with Crippen LogP contribution in [0.15, 0.2) is 30.3 Å². The van der Waals surface area contributed by atoms with E-state index in [4.69, 9.17) is 4.74 Å². The molecule has 0 fully saturated rings. The lowest BCUT2D eigenvalue weighted by atomic mass is 10.1. The highest BCUT2D eigenvalue weighted by molar-refractivity contribution is 5.89. The van der Waals surface area contributed by atoms with Crippen molar-refractivity contribution in [3.8, 4) is 0 Å². The summed E-state index contributed by atoms with van der Waals surface area (Å²) in [4.78, 5) is 13.7. The first-order chi connectivity index (χ1) is 10.2. The third kappa shape index (κ3) is 6.74. The molecular formula is C17H27NO3. The highest BCUT2D eigenvalue weighted by Crippen LogP contribution is 2.08. The van der Waals surface area contributed by atoms with Crippen LogP contribution in [0.1, 0.15) is 49.9 Å². The number of hydrogen-bond donors (Lipinski definition) is 1. The lowest BCUT2D eigenvalue weighted by Crippen LogP contribution is -2.34. The first-order valence-electron chi connectivity index (χ1n) is 7.83. The molecule has 0 amide bonds. The molecule has 0 saturated heterocycles. The Morgan fingerprint density at radius 1 is 1.14 bits per heavy atom. The largest absolute Gasteiger partial charge is 0.462 e. The Bertz CT molecular complexity index is 390. The summed E-state index contributed by atoms with van der Waals surface area (Å²) in [5, 5.41) is 9.94. The summed E-state index contributed by atoms with van der Waals surface area (Å²) in [6.07, 6.45) is 3.16. The summed E-state index contributed by atoms with van der Waals surface area (Å²) in [6, 6.07) is 9.03. The third-order valence-electron chi connectivity index (χ3n) is 3.58. The van der Waals surface area contributed by atoms with Gasteiger partial charge in [-0.15, -0.1) is 0 Å². The van der Waals surface area contributed by atoms with E-state index in [0.717, 1.165) is 38.8 Å². The van der Waals surface area contributed by atoms with Gasteiger partial charge in [-0.3, -0.25) is 4.90 Å². The van der Waals surface area contributed by atoms with Gasteiger partial charge in [-0.05, 0) is 50.9 Å². The highest BCUT2D eigenvalue weighted by atomic mass is 16.5. The minimum absolute atomic E-state index is 0.265. The van der Waals surface area contributed by atoms with Crippen molar-refractivity contribution in [3.63, 3.8) is 0 Å². The van der Waals surface area contributed by atoms with Gasteiger partial charge in [0, 0.05) is 0 Å². The number of ether oxygens (including phenoxy) is 1. The maximum Gasteiger partial charge on any atom is 0.338 e. The molecule has 0 bridgehead atoms. The molecule has 0 saturated carbocycles. The van der Waals surface area contributed by atoms with Crippen LogP contribution in [-0.4, -0.2) is 41.9 Å². The molecule has 1 aromatic rings. The minimum Gasteiger partial charge on any atom is -0.462 e. The molecule has 1 N–H and O–H groups in total. The Hall–Kier alpha value is -1.39. The van der Waals surface area contributed by atoms with Gasteiger partial charge < -0.3 is 9.84 Å². The molecule has 0 aliphatic heterocycles. The van der Waals surface area contributed by atoms with Gasteiger partial charge in [0.25, 0.3) is 0 Å². The van der Waals surface area contributed by atoms with Crippen LogP contribution >= 0.6 is 0 Å². The summed E-state index contributed by atoms with van der Waals surface area (Å²) >= 11 is 0. The average Bonchev–Trinajstić information content (AvgIpc) is 2.52. The summed E-state index contributed by atoms with van der Waals surface area (Å²) < 4.78 is 5.21. The van der Waals surface area contributed by atoms with Gasteiger partial charge in [-0.2, -0.15) is 0 Å². The van der Waals surface area contributed by atoms with E-state index in [0.29, 0.717) is 12.2 Å². The molecule has 0 spiro atoms. The van der Waals surface area contributed by atoms with E-state index in [1.807, 2.05) is 23.1 Å². The second-order valence-corrected chi connectivity index (χ2v) is 5.05. The number of benzene rings is 1. The van der Waals surface area contributed by atoms with Crippen LogP contribution in [0.25, 0.3) is 0 Å². The minimum atomic E-state index is -0.355. The number of rotatable bonds is 10. The van der Waals surface area contributed by atoms with Gasteiger partial charge >= 0.3 is 5.97 Å².